The first-order chi connectivity index (χ1) is 15.5. The second-order valence-electron chi connectivity index (χ2n) is 8.18. The number of hydrogen-bond donors (Lipinski definition) is 0. The smallest absolute Gasteiger partial charge is 0.320 e. The van der Waals surface area contributed by atoms with Gasteiger partial charge in [-0.2, -0.15) is 4.98 Å². The monoisotopic (exact) mass is 459 g/mol. The minimum atomic E-state index is -0.397. The number of carbonyl (C=O) groups excluding carboxylic acids is 1. The van der Waals surface area contributed by atoms with E-state index in [1.807, 2.05) is 33.8 Å². The zero-order valence-corrected chi connectivity index (χ0v) is 18.4. The van der Waals surface area contributed by atoms with Gasteiger partial charge in [0, 0.05) is 50.9 Å². The average molecular weight is 460 g/mol. The fourth-order valence-corrected chi connectivity index (χ4v) is 4.18. The normalized spacial score (nSPS) is 17.0. The molecule has 2 aliphatic heterocycles. The van der Waals surface area contributed by atoms with Gasteiger partial charge in [0.2, 0.25) is 5.65 Å². The van der Waals surface area contributed by atoms with E-state index in [0.717, 1.165) is 5.69 Å². The lowest BCUT2D eigenvalue weighted by Crippen LogP contribution is -2.59. The standard InChI is InChI=1S/C22H23ClFN5O3/c1-14-2-4-19-20(25-14)26-21(32-19)27-6-8-28(9-7-27)22(30)29-11-15(12-29)13-31-18-5-3-16(24)10-17(18)23/h2-5,10,15H,6-9,11-13H2,1H3. The van der Waals surface area contributed by atoms with Crippen molar-refractivity contribution < 1.29 is 18.3 Å². The maximum atomic E-state index is 13.1. The van der Waals surface area contributed by atoms with Crippen LogP contribution in [0.3, 0.4) is 0 Å². The molecule has 0 atom stereocenters. The Morgan fingerprint density at radius 3 is 2.69 bits per heavy atom. The van der Waals surface area contributed by atoms with Crippen LogP contribution in [0.5, 0.6) is 5.75 Å². The van der Waals surface area contributed by atoms with E-state index in [9.17, 15) is 9.18 Å². The van der Waals surface area contributed by atoms with Crippen molar-refractivity contribution in [3.63, 3.8) is 0 Å². The van der Waals surface area contributed by atoms with Gasteiger partial charge in [-0.05, 0) is 37.3 Å². The Balaban J connectivity index is 1.09. The van der Waals surface area contributed by atoms with Gasteiger partial charge in [-0.25, -0.2) is 14.2 Å². The molecule has 0 spiro atoms. The van der Waals surface area contributed by atoms with Crippen molar-refractivity contribution in [2.45, 2.75) is 6.92 Å². The first-order valence-electron chi connectivity index (χ1n) is 10.6. The van der Waals surface area contributed by atoms with Crippen LogP contribution in [0, 0.1) is 18.7 Å². The van der Waals surface area contributed by atoms with Gasteiger partial charge < -0.3 is 23.9 Å². The third-order valence-electron chi connectivity index (χ3n) is 5.80. The summed E-state index contributed by atoms with van der Waals surface area (Å²) in [4.78, 5) is 27.4. The second kappa shape index (κ2) is 8.46. The molecule has 0 unspecified atom stereocenters. The minimum absolute atomic E-state index is 0.0376. The number of aromatic nitrogens is 2. The number of piperazine rings is 1. The lowest BCUT2D eigenvalue weighted by molar-refractivity contribution is 0.0643. The van der Waals surface area contributed by atoms with Gasteiger partial charge in [-0.15, -0.1) is 0 Å². The Hall–Kier alpha value is -3.07. The zero-order valence-electron chi connectivity index (χ0n) is 17.6. The highest BCUT2D eigenvalue weighted by Crippen LogP contribution is 2.27. The van der Waals surface area contributed by atoms with Gasteiger partial charge in [0.1, 0.15) is 11.6 Å². The van der Waals surface area contributed by atoms with Gasteiger partial charge >= 0.3 is 6.03 Å². The summed E-state index contributed by atoms with van der Waals surface area (Å²) < 4.78 is 24.6. The number of oxazole rings is 1. The highest BCUT2D eigenvalue weighted by atomic mass is 35.5. The van der Waals surface area contributed by atoms with Gasteiger partial charge in [0.25, 0.3) is 6.01 Å². The molecular weight excluding hydrogens is 437 g/mol. The molecule has 0 bridgehead atoms. The predicted octanol–water partition coefficient (Wildman–Crippen LogP) is 3.58. The van der Waals surface area contributed by atoms with E-state index in [0.29, 0.717) is 68.9 Å². The first-order valence-corrected chi connectivity index (χ1v) is 10.9. The molecule has 0 radical (unpaired) electrons. The molecule has 3 aromatic rings. The number of urea groups is 1. The zero-order chi connectivity index (χ0) is 22.2. The molecular formula is C22H23ClFN5O3. The molecule has 0 saturated carbocycles. The molecule has 2 aromatic heterocycles. The van der Waals surface area contributed by atoms with Crippen LogP contribution in [-0.4, -0.2) is 71.7 Å². The molecule has 8 nitrogen and oxygen atoms in total. The number of rotatable bonds is 4. The highest BCUT2D eigenvalue weighted by Gasteiger charge is 2.35. The van der Waals surface area contributed by atoms with Crippen LogP contribution in [0.15, 0.2) is 34.7 Å². The highest BCUT2D eigenvalue weighted by molar-refractivity contribution is 6.32. The second-order valence-corrected chi connectivity index (χ2v) is 8.59. The molecule has 4 heterocycles. The first kappa shape index (κ1) is 20.8. The lowest BCUT2D eigenvalue weighted by Gasteiger charge is -2.43. The van der Waals surface area contributed by atoms with Crippen LogP contribution in [0.1, 0.15) is 5.69 Å². The van der Waals surface area contributed by atoms with E-state index in [4.69, 9.17) is 20.8 Å². The minimum Gasteiger partial charge on any atom is -0.492 e. The topological polar surface area (TPSA) is 74.9 Å². The molecule has 2 aliphatic rings. The summed E-state index contributed by atoms with van der Waals surface area (Å²) in [6, 6.07) is 8.42. The van der Waals surface area contributed by atoms with Crippen molar-refractivity contribution in [3.05, 3.63) is 46.9 Å². The van der Waals surface area contributed by atoms with Crippen molar-refractivity contribution in [2.75, 3.05) is 50.8 Å². The molecule has 10 heteroatoms. The Bertz CT molecular complexity index is 1140. The quantitative estimate of drug-likeness (QED) is 0.593. The molecule has 0 N–H and O–H groups in total. The fourth-order valence-electron chi connectivity index (χ4n) is 3.96. The molecule has 2 fully saturated rings. The van der Waals surface area contributed by atoms with Crippen molar-refractivity contribution in [2.24, 2.45) is 5.92 Å². The van der Waals surface area contributed by atoms with E-state index in [1.54, 1.807) is 0 Å². The Labute approximate surface area is 189 Å². The Morgan fingerprint density at radius 1 is 1.16 bits per heavy atom. The van der Waals surface area contributed by atoms with E-state index in [1.165, 1.54) is 18.2 Å². The summed E-state index contributed by atoms with van der Waals surface area (Å²) in [6.45, 7) is 6.14. The summed E-state index contributed by atoms with van der Waals surface area (Å²) in [5.74, 6) is 0.293. The van der Waals surface area contributed by atoms with Gasteiger partial charge in [0.05, 0.1) is 11.6 Å². The molecule has 2 amide bonds. The molecule has 32 heavy (non-hydrogen) atoms. The van der Waals surface area contributed by atoms with Crippen LogP contribution in [0.2, 0.25) is 5.02 Å². The molecule has 0 aliphatic carbocycles. The molecule has 2 saturated heterocycles. The number of amides is 2. The van der Waals surface area contributed by atoms with Gasteiger partial charge in [0.15, 0.2) is 5.58 Å². The van der Waals surface area contributed by atoms with Crippen LogP contribution in [0.4, 0.5) is 15.2 Å². The van der Waals surface area contributed by atoms with Crippen LogP contribution < -0.4 is 9.64 Å². The maximum absolute atomic E-state index is 13.1. The van der Waals surface area contributed by atoms with Crippen molar-refractivity contribution in [3.8, 4) is 5.75 Å². The van der Waals surface area contributed by atoms with Crippen molar-refractivity contribution >= 4 is 34.9 Å². The number of hydrogen-bond acceptors (Lipinski definition) is 6. The van der Waals surface area contributed by atoms with Gasteiger partial charge in [-0.3, -0.25) is 0 Å². The van der Waals surface area contributed by atoms with E-state index >= 15 is 0 Å². The van der Waals surface area contributed by atoms with Crippen molar-refractivity contribution in [1.29, 1.82) is 0 Å². The summed E-state index contributed by atoms with van der Waals surface area (Å²) >= 11 is 5.99. The number of anilines is 1. The molecule has 5 rings (SSSR count). The SMILES string of the molecule is Cc1ccc2oc(N3CCN(C(=O)N4CC(COc5ccc(F)cc5Cl)C4)CC3)nc2n1. The largest absolute Gasteiger partial charge is 0.492 e. The average Bonchev–Trinajstić information content (AvgIpc) is 3.17. The third-order valence-corrected chi connectivity index (χ3v) is 6.09. The summed E-state index contributed by atoms with van der Waals surface area (Å²) in [7, 11) is 0. The number of fused-ring (bicyclic) bond motifs is 1. The number of pyridine rings is 1. The van der Waals surface area contributed by atoms with Crippen molar-refractivity contribution in [1.82, 2.24) is 19.8 Å². The number of benzene rings is 1. The Kier molecular flexibility index (Phi) is 5.50. The number of halogens is 2. The van der Waals surface area contributed by atoms with E-state index in [2.05, 4.69) is 9.97 Å². The molecule has 168 valence electrons. The Morgan fingerprint density at radius 2 is 1.94 bits per heavy atom. The van der Waals surface area contributed by atoms with Gasteiger partial charge in [-0.1, -0.05) is 11.6 Å². The number of likely N-dealkylation sites (tertiary alicyclic amines) is 1. The number of ether oxygens (including phenoxy) is 1. The fraction of sp³-hybridized carbons (Fsp3) is 0.409. The van der Waals surface area contributed by atoms with Crippen LogP contribution in [0.25, 0.3) is 11.2 Å². The number of aryl methyl sites for hydroxylation is 1. The maximum Gasteiger partial charge on any atom is 0.320 e. The van der Waals surface area contributed by atoms with E-state index in [-0.39, 0.29) is 17.0 Å². The third kappa shape index (κ3) is 4.17. The number of nitrogens with zero attached hydrogens (tertiary/aromatic N) is 5. The number of carbonyl (C=O) groups is 1. The lowest BCUT2D eigenvalue weighted by atomic mass is 10.0. The predicted molar refractivity (Wildman–Crippen MR) is 118 cm³/mol. The van der Waals surface area contributed by atoms with E-state index < -0.39 is 5.82 Å². The summed E-state index contributed by atoms with van der Waals surface area (Å²) in [5, 5.41) is 0.250. The summed E-state index contributed by atoms with van der Waals surface area (Å²) in [5.41, 5.74) is 2.17. The summed E-state index contributed by atoms with van der Waals surface area (Å²) in [6.07, 6.45) is 0. The van der Waals surface area contributed by atoms with Crippen LogP contribution in [-0.2, 0) is 0 Å². The molecule has 1 aromatic carbocycles. The van der Waals surface area contributed by atoms with Crippen LogP contribution >= 0.6 is 11.6 Å².